The molecule has 1 N–H and O–H groups in total. The minimum Gasteiger partial charge on any atom is -0.386 e. The van der Waals surface area contributed by atoms with Crippen LogP contribution in [0.25, 0.3) is 0 Å². The van der Waals surface area contributed by atoms with Crippen molar-refractivity contribution >= 4 is 0 Å². The number of allylic oxidation sites excluding steroid dienone is 2. The summed E-state index contributed by atoms with van der Waals surface area (Å²) >= 11 is 0. The Hall–Kier alpha value is -0.720. The molecule has 1 nitrogen and oxygen atoms in total. The topological polar surface area (TPSA) is 12.0 Å². The maximum absolute atomic E-state index is 2.98. The van der Waals surface area contributed by atoms with Crippen molar-refractivity contribution in [3.05, 3.63) is 31.0 Å². The van der Waals surface area contributed by atoms with Crippen LogP contribution in [0.2, 0.25) is 0 Å². The number of rotatable bonds is 0. The lowest BCUT2D eigenvalue weighted by molar-refractivity contribution is 0.997. The van der Waals surface area contributed by atoms with E-state index in [1.54, 1.807) is 0 Å². The van der Waals surface area contributed by atoms with Crippen molar-refractivity contribution in [1.29, 1.82) is 0 Å². The maximum atomic E-state index is 2.98. The Morgan fingerprint density at radius 3 is 3.29 bits per heavy atom. The Labute approximate surface area is 43.7 Å². The van der Waals surface area contributed by atoms with Crippen LogP contribution in [0.5, 0.6) is 0 Å². The SMILES string of the molecule is [CH]1CC=CC=CN1. The first-order valence-corrected chi connectivity index (χ1v) is 2.39. The van der Waals surface area contributed by atoms with Crippen molar-refractivity contribution in [2.45, 2.75) is 6.42 Å². The Kier molecular flexibility index (Phi) is 1.56. The highest BCUT2D eigenvalue weighted by Crippen LogP contribution is 1.89. The van der Waals surface area contributed by atoms with Gasteiger partial charge in [0, 0.05) is 6.54 Å². The van der Waals surface area contributed by atoms with Gasteiger partial charge < -0.3 is 5.32 Å². The largest absolute Gasteiger partial charge is 0.386 e. The molecule has 1 heterocycles. The average molecular weight is 94.1 g/mol. The standard InChI is InChI=1S/C6H8N/c1-2-4-6-7-5-3-1/h1-3,5-7H,4H2. The van der Waals surface area contributed by atoms with Crippen LogP contribution in [0.15, 0.2) is 24.4 Å². The number of hydrogen-bond donors (Lipinski definition) is 1. The Morgan fingerprint density at radius 1 is 1.29 bits per heavy atom. The molecule has 0 saturated heterocycles. The van der Waals surface area contributed by atoms with Gasteiger partial charge in [0.05, 0.1) is 0 Å². The van der Waals surface area contributed by atoms with E-state index in [4.69, 9.17) is 0 Å². The maximum Gasteiger partial charge on any atom is 0.0494 e. The highest BCUT2D eigenvalue weighted by atomic mass is 14.8. The van der Waals surface area contributed by atoms with Crippen LogP contribution in [0.4, 0.5) is 0 Å². The van der Waals surface area contributed by atoms with Crippen molar-refractivity contribution in [3.63, 3.8) is 0 Å². The second kappa shape index (κ2) is 2.45. The summed E-state index contributed by atoms with van der Waals surface area (Å²) in [5.41, 5.74) is 0. The van der Waals surface area contributed by atoms with E-state index in [1.807, 2.05) is 24.9 Å². The summed E-state index contributed by atoms with van der Waals surface area (Å²) in [6.45, 7) is 2.00. The smallest absolute Gasteiger partial charge is 0.0494 e. The van der Waals surface area contributed by atoms with Crippen molar-refractivity contribution in [2.75, 3.05) is 0 Å². The first-order chi connectivity index (χ1) is 3.50. The molecule has 0 amide bonds. The van der Waals surface area contributed by atoms with Gasteiger partial charge in [-0.15, -0.1) is 0 Å². The van der Waals surface area contributed by atoms with Gasteiger partial charge in [0.15, 0.2) is 0 Å². The number of hydrogen-bond acceptors (Lipinski definition) is 1. The van der Waals surface area contributed by atoms with E-state index >= 15 is 0 Å². The molecule has 0 aromatic heterocycles. The first-order valence-electron chi connectivity index (χ1n) is 2.39. The Balaban J connectivity index is 2.39. The van der Waals surface area contributed by atoms with Crippen LogP contribution >= 0.6 is 0 Å². The van der Waals surface area contributed by atoms with Crippen LogP contribution in [-0.2, 0) is 0 Å². The van der Waals surface area contributed by atoms with Crippen molar-refractivity contribution in [2.24, 2.45) is 0 Å². The molecule has 1 aliphatic rings. The summed E-state index contributed by atoms with van der Waals surface area (Å²) in [5, 5.41) is 2.98. The summed E-state index contributed by atoms with van der Waals surface area (Å²) in [6.07, 6.45) is 9.02. The van der Waals surface area contributed by atoms with Gasteiger partial charge in [-0.05, 0) is 18.7 Å². The molecule has 0 aromatic carbocycles. The molecule has 1 radical (unpaired) electrons. The quantitative estimate of drug-likeness (QED) is 0.475. The number of nitrogens with one attached hydrogen (secondary N) is 1. The predicted octanol–water partition coefficient (Wildman–Crippen LogP) is 1.21. The van der Waals surface area contributed by atoms with Gasteiger partial charge in [0.2, 0.25) is 0 Å². The first kappa shape index (κ1) is 4.44. The second-order valence-electron chi connectivity index (χ2n) is 1.39. The van der Waals surface area contributed by atoms with E-state index in [-0.39, 0.29) is 0 Å². The van der Waals surface area contributed by atoms with E-state index in [0.29, 0.717) is 0 Å². The van der Waals surface area contributed by atoms with Gasteiger partial charge in [-0.2, -0.15) is 0 Å². The summed E-state index contributed by atoms with van der Waals surface area (Å²) in [6, 6.07) is 0. The lowest BCUT2D eigenvalue weighted by Gasteiger charge is -1.87. The fourth-order valence-electron chi connectivity index (χ4n) is 0.472. The summed E-state index contributed by atoms with van der Waals surface area (Å²) in [4.78, 5) is 0. The third-order valence-electron chi connectivity index (χ3n) is 0.811. The molecule has 7 heavy (non-hydrogen) atoms. The van der Waals surface area contributed by atoms with E-state index in [1.165, 1.54) is 0 Å². The summed E-state index contributed by atoms with van der Waals surface area (Å²) < 4.78 is 0. The van der Waals surface area contributed by atoms with Crippen LogP contribution in [-0.4, -0.2) is 0 Å². The zero-order valence-electron chi connectivity index (χ0n) is 4.09. The molecule has 1 aliphatic heterocycles. The van der Waals surface area contributed by atoms with Crippen molar-refractivity contribution < 1.29 is 0 Å². The van der Waals surface area contributed by atoms with E-state index < -0.39 is 0 Å². The van der Waals surface area contributed by atoms with Crippen LogP contribution in [0.1, 0.15) is 6.42 Å². The molecular formula is C6H8N. The van der Waals surface area contributed by atoms with Crippen molar-refractivity contribution in [3.8, 4) is 0 Å². The molecular weight excluding hydrogens is 86.1 g/mol. The second-order valence-corrected chi connectivity index (χ2v) is 1.39. The van der Waals surface area contributed by atoms with Gasteiger partial charge in [0.1, 0.15) is 0 Å². The molecule has 0 bridgehead atoms. The Morgan fingerprint density at radius 2 is 2.29 bits per heavy atom. The van der Waals surface area contributed by atoms with Gasteiger partial charge in [-0.3, -0.25) is 0 Å². The van der Waals surface area contributed by atoms with Crippen LogP contribution in [0, 0.1) is 6.54 Å². The fraction of sp³-hybridized carbons (Fsp3) is 0.167. The molecule has 0 saturated carbocycles. The van der Waals surface area contributed by atoms with E-state index in [2.05, 4.69) is 11.4 Å². The molecule has 1 rings (SSSR count). The van der Waals surface area contributed by atoms with E-state index in [9.17, 15) is 0 Å². The van der Waals surface area contributed by atoms with E-state index in [0.717, 1.165) is 6.42 Å². The predicted molar refractivity (Wildman–Crippen MR) is 30.3 cm³/mol. The monoisotopic (exact) mass is 94.1 g/mol. The van der Waals surface area contributed by atoms with Gasteiger partial charge in [-0.1, -0.05) is 12.2 Å². The zero-order chi connectivity index (χ0) is 4.95. The third kappa shape index (κ3) is 1.44. The molecule has 37 valence electrons. The minimum atomic E-state index is 1.02. The minimum absolute atomic E-state index is 1.02. The lowest BCUT2D eigenvalue weighted by atomic mass is 10.4. The van der Waals surface area contributed by atoms with Crippen LogP contribution < -0.4 is 5.32 Å². The molecule has 0 fully saturated rings. The highest BCUT2D eigenvalue weighted by Gasteiger charge is 1.79. The molecule has 1 heteroatoms. The Bertz CT molecular complexity index is 80.4. The third-order valence-corrected chi connectivity index (χ3v) is 0.811. The van der Waals surface area contributed by atoms with Gasteiger partial charge in [0.25, 0.3) is 0 Å². The van der Waals surface area contributed by atoms with Crippen molar-refractivity contribution in [1.82, 2.24) is 5.32 Å². The normalized spacial score (nSPS) is 18.3. The average Bonchev–Trinajstić information content (AvgIpc) is 1.90. The zero-order valence-corrected chi connectivity index (χ0v) is 4.09. The molecule has 0 aromatic rings. The summed E-state index contributed by atoms with van der Waals surface area (Å²) in [5.74, 6) is 0. The highest BCUT2D eigenvalue weighted by molar-refractivity contribution is 5.06. The fourth-order valence-corrected chi connectivity index (χ4v) is 0.472. The molecule has 0 aliphatic carbocycles. The van der Waals surface area contributed by atoms with Crippen LogP contribution in [0.3, 0.4) is 0 Å². The van der Waals surface area contributed by atoms with Gasteiger partial charge >= 0.3 is 0 Å². The summed E-state index contributed by atoms with van der Waals surface area (Å²) in [7, 11) is 0. The van der Waals surface area contributed by atoms with Gasteiger partial charge in [-0.25, -0.2) is 0 Å². The molecule has 0 atom stereocenters. The molecule has 0 unspecified atom stereocenters. The molecule has 0 spiro atoms. The lowest BCUT2D eigenvalue weighted by Crippen LogP contribution is -1.95.